The molecule has 2 rings (SSSR count). The minimum Gasteiger partial charge on any atom is -0.477 e. The van der Waals surface area contributed by atoms with E-state index in [1.807, 2.05) is 0 Å². The Morgan fingerprint density at radius 2 is 1.94 bits per heavy atom. The number of likely N-dealkylation sites (tertiary alicyclic amines) is 1. The van der Waals surface area contributed by atoms with Gasteiger partial charge in [0.05, 0.1) is 0 Å². The molecular weight excluding hydrogens is 232 g/mol. The summed E-state index contributed by atoms with van der Waals surface area (Å²) in [5.41, 5.74) is -0.590. The van der Waals surface area contributed by atoms with Crippen LogP contribution in [0, 0.1) is 0 Å². The minimum atomic E-state index is -1.16. The van der Waals surface area contributed by atoms with E-state index in [0.717, 1.165) is 26.2 Å². The van der Waals surface area contributed by atoms with Gasteiger partial charge in [0.2, 0.25) is 0 Å². The van der Waals surface area contributed by atoms with E-state index < -0.39 is 11.4 Å². The number of piperidine rings is 1. The molecule has 1 aliphatic rings. The van der Waals surface area contributed by atoms with E-state index >= 15 is 0 Å². The number of aromatic nitrogens is 1. The third-order valence-electron chi connectivity index (χ3n) is 3.33. The Labute approximate surface area is 106 Å². The van der Waals surface area contributed by atoms with Crippen LogP contribution in [-0.4, -0.2) is 40.2 Å². The molecule has 0 aromatic carbocycles. The summed E-state index contributed by atoms with van der Waals surface area (Å²) in [5.74, 6) is -1.16. The van der Waals surface area contributed by atoms with Crippen LogP contribution in [0.3, 0.4) is 0 Å². The standard InChI is InChI=1S/C13H18N2O3/c16-12-4-7-15(10-11(12)13(17)18)9-8-14-5-2-1-3-6-14/h4,7,10H,1-3,5-6,8-9H2,(H,17,18). The van der Waals surface area contributed by atoms with Crippen molar-refractivity contribution in [3.8, 4) is 0 Å². The fourth-order valence-corrected chi connectivity index (χ4v) is 2.27. The summed E-state index contributed by atoms with van der Waals surface area (Å²) in [6.45, 7) is 3.86. The van der Waals surface area contributed by atoms with Crippen molar-refractivity contribution in [2.75, 3.05) is 19.6 Å². The summed E-state index contributed by atoms with van der Waals surface area (Å²) >= 11 is 0. The number of hydrogen-bond donors (Lipinski definition) is 1. The molecule has 0 aliphatic carbocycles. The first kappa shape index (κ1) is 12.8. The topological polar surface area (TPSA) is 62.5 Å². The van der Waals surface area contributed by atoms with Crippen LogP contribution in [0.5, 0.6) is 0 Å². The maximum absolute atomic E-state index is 11.3. The highest BCUT2D eigenvalue weighted by molar-refractivity contribution is 5.86. The van der Waals surface area contributed by atoms with E-state index in [0.29, 0.717) is 0 Å². The molecule has 98 valence electrons. The normalized spacial score (nSPS) is 16.7. The van der Waals surface area contributed by atoms with Crippen LogP contribution in [0.2, 0.25) is 0 Å². The second kappa shape index (κ2) is 5.82. The Hall–Kier alpha value is -1.62. The highest BCUT2D eigenvalue weighted by atomic mass is 16.4. The van der Waals surface area contributed by atoms with Crippen molar-refractivity contribution in [2.45, 2.75) is 25.8 Å². The highest BCUT2D eigenvalue weighted by Crippen LogP contribution is 2.08. The monoisotopic (exact) mass is 250 g/mol. The Morgan fingerprint density at radius 3 is 2.61 bits per heavy atom. The van der Waals surface area contributed by atoms with Crippen LogP contribution in [-0.2, 0) is 6.54 Å². The van der Waals surface area contributed by atoms with Crippen LogP contribution in [0.15, 0.2) is 23.3 Å². The Balaban J connectivity index is 1.98. The molecule has 18 heavy (non-hydrogen) atoms. The van der Waals surface area contributed by atoms with Crippen molar-refractivity contribution in [3.63, 3.8) is 0 Å². The van der Waals surface area contributed by atoms with Crippen molar-refractivity contribution in [1.29, 1.82) is 0 Å². The number of nitrogens with zero attached hydrogens (tertiary/aromatic N) is 2. The quantitative estimate of drug-likeness (QED) is 0.867. The molecule has 1 saturated heterocycles. The third kappa shape index (κ3) is 3.20. The molecule has 1 N–H and O–H groups in total. The first-order chi connectivity index (χ1) is 8.66. The number of carbonyl (C=O) groups is 1. The second-order valence-corrected chi connectivity index (χ2v) is 4.67. The SMILES string of the molecule is O=C(O)c1cn(CCN2CCCCC2)ccc1=O. The second-order valence-electron chi connectivity index (χ2n) is 4.67. The van der Waals surface area contributed by atoms with Crippen molar-refractivity contribution in [1.82, 2.24) is 9.47 Å². The lowest BCUT2D eigenvalue weighted by Crippen LogP contribution is -2.32. The van der Waals surface area contributed by atoms with Gasteiger partial charge in [-0.25, -0.2) is 4.79 Å². The molecule has 0 radical (unpaired) electrons. The highest BCUT2D eigenvalue weighted by Gasteiger charge is 2.11. The molecule has 0 saturated carbocycles. The number of aromatic carboxylic acids is 1. The first-order valence-corrected chi connectivity index (χ1v) is 6.32. The molecule has 0 atom stereocenters. The van der Waals surface area contributed by atoms with Gasteiger partial charge in [0.25, 0.3) is 0 Å². The number of carboxylic acid groups (broad SMARTS) is 1. The van der Waals surface area contributed by atoms with E-state index in [4.69, 9.17) is 5.11 Å². The van der Waals surface area contributed by atoms with E-state index in [9.17, 15) is 9.59 Å². The predicted molar refractivity (Wildman–Crippen MR) is 68.0 cm³/mol. The third-order valence-corrected chi connectivity index (χ3v) is 3.33. The Kier molecular flexibility index (Phi) is 4.15. The largest absolute Gasteiger partial charge is 0.477 e. The summed E-state index contributed by atoms with van der Waals surface area (Å²) in [6, 6.07) is 1.32. The lowest BCUT2D eigenvalue weighted by atomic mass is 10.1. The number of hydrogen-bond acceptors (Lipinski definition) is 3. The predicted octanol–water partition coefficient (Wildman–Crippen LogP) is 1.03. The lowest BCUT2D eigenvalue weighted by Gasteiger charge is -2.26. The number of pyridine rings is 1. The Bertz CT molecular complexity index is 475. The average Bonchev–Trinajstić information content (AvgIpc) is 2.38. The van der Waals surface area contributed by atoms with E-state index in [1.165, 1.54) is 31.5 Å². The molecule has 0 amide bonds. The molecule has 5 heteroatoms. The average molecular weight is 250 g/mol. The van der Waals surface area contributed by atoms with Gasteiger partial charge < -0.3 is 14.6 Å². The van der Waals surface area contributed by atoms with Crippen LogP contribution in [0.25, 0.3) is 0 Å². The lowest BCUT2D eigenvalue weighted by molar-refractivity contribution is 0.0694. The molecule has 0 spiro atoms. The molecule has 1 aliphatic heterocycles. The zero-order chi connectivity index (χ0) is 13.0. The van der Waals surface area contributed by atoms with Crippen LogP contribution >= 0.6 is 0 Å². The van der Waals surface area contributed by atoms with E-state index in [2.05, 4.69) is 4.90 Å². The molecule has 1 aromatic heterocycles. The molecule has 1 aromatic rings. The van der Waals surface area contributed by atoms with Crippen LogP contribution < -0.4 is 5.43 Å². The summed E-state index contributed by atoms with van der Waals surface area (Å²) < 4.78 is 1.78. The number of rotatable bonds is 4. The summed E-state index contributed by atoms with van der Waals surface area (Å²) in [4.78, 5) is 24.5. The van der Waals surface area contributed by atoms with Gasteiger partial charge in [-0.3, -0.25) is 4.79 Å². The fourth-order valence-electron chi connectivity index (χ4n) is 2.27. The van der Waals surface area contributed by atoms with Gasteiger partial charge in [-0.2, -0.15) is 0 Å². The van der Waals surface area contributed by atoms with Gasteiger partial charge in [-0.05, 0) is 25.9 Å². The van der Waals surface area contributed by atoms with Crippen LogP contribution in [0.4, 0.5) is 0 Å². The zero-order valence-corrected chi connectivity index (χ0v) is 10.3. The van der Waals surface area contributed by atoms with Crippen molar-refractivity contribution >= 4 is 5.97 Å². The smallest absolute Gasteiger partial charge is 0.341 e. The summed E-state index contributed by atoms with van der Waals surface area (Å²) in [6.07, 6.45) is 6.86. The zero-order valence-electron chi connectivity index (χ0n) is 10.3. The van der Waals surface area contributed by atoms with E-state index in [-0.39, 0.29) is 5.56 Å². The maximum atomic E-state index is 11.3. The number of carboxylic acids is 1. The summed E-state index contributed by atoms with van der Waals surface area (Å²) in [5, 5.41) is 8.88. The minimum absolute atomic E-state index is 0.156. The molecular formula is C13H18N2O3. The molecule has 1 fully saturated rings. The molecule has 0 unspecified atom stereocenters. The molecule has 2 heterocycles. The fraction of sp³-hybridized carbons (Fsp3) is 0.538. The van der Waals surface area contributed by atoms with Crippen LogP contribution in [0.1, 0.15) is 29.6 Å². The Morgan fingerprint density at radius 1 is 1.22 bits per heavy atom. The molecule has 0 bridgehead atoms. The van der Waals surface area contributed by atoms with Gasteiger partial charge in [-0.15, -0.1) is 0 Å². The maximum Gasteiger partial charge on any atom is 0.341 e. The van der Waals surface area contributed by atoms with Gasteiger partial charge in [0.1, 0.15) is 5.56 Å². The van der Waals surface area contributed by atoms with Crippen molar-refractivity contribution in [3.05, 3.63) is 34.2 Å². The van der Waals surface area contributed by atoms with Gasteiger partial charge in [0.15, 0.2) is 5.43 Å². The van der Waals surface area contributed by atoms with Crippen molar-refractivity contribution in [2.24, 2.45) is 0 Å². The van der Waals surface area contributed by atoms with Gasteiger partial charge >= 0.3 is 5.97 Å². The van der Waals surface area contributed by atoms with Crippen molar-refractivity contribution < 1.29 is 9.90 Å². The van der Waals surface area contributed by atoms with Gasteiger partial charge in [-0.1, -0.05) is 6.42 Å². The first-order valence-electron chi connectivity index (χ1n) is 6.32. The van der Waals surface area contributed by atoms with Gasteiger partial charge in [0, 0.05) is 31.5 Å². The van der Waals surface area contributed by atoms with E-state index in [1.54, 1.807) is 10.8 Å². The molecule has 5 nitrogen and oxygen atoms in total. The summed E-state index contributed by atoms with van der Waals surface area (Å²) in [7, 11) is 0.